The molecule has 5 nitrogen and oxygen atoms in total. The van der Waals surface area contributed by atoms with Crippen LogP contribution < -0.4 is 10.6 Å². The van der Waals surface area contributed by atoms with E-state index in [2.05, 4.69) is 10.6 Å². The minimum absolute atomic E-state index is 0.0441. The summed E-state index contributed by atoms with van der Waals surface area (Å²) in [5.74, 6) is -0.483. The van der Waals surface area contributed by atoms with Gasteiger partial charge in [-0.2, -0.15) is 0 Å². The van der Waals surface area contributed by atoms with Gasteiger partial charge in [0, 0.05) is 36.2 Å². The van der Waals surface area contributed by atoms with Gasteiger partial charge in [0.2, 0.25) is 5.91 Å². The van der Waals surface area contributed by atoms with E-state index in [1.807, 2.05) is 39.0 Å². The van der Waals surface area contributed by atoms with Gasteiger partial charge in [-0.3, -0.25) is 14.4 Å². The van der Waals surface area contributed by atoms with Crippen LogP contribution in [0.2, 0.25) is 0 Å². The Bertz CT molecular complexity index is 828. The average Bonchev–Trinajstić information content (AvgIpc) is 2.62. The second kappa shape index (κ2) is 8.94. The summed E-state index contributed by atoms with van der Waals surface area (Å²) in [6.07, 6.45) is 0.240. The predicted octanol–water partition coefficient (Wildman–Crippen LogP) is 3.65. The van der Waals surface area contributed by atoms with E-state index in [0.717, 1.165) is 11.1 Å². The fourth-order valence-electron chi connectivity index (χ4n) is 2.62. The van der Waals surface area contributed by atoms with Crippen molar-refractivity contribution in [1.82, 2.24) is 5.32 Å². The van der Waals surface area contributed by atoms with E-state index in [1.54, 1.807) is 24.3 Å². The SMILES string of the molecule is CCNC(=O)c1cccc(NC(=O)CCC(=O)c2cc(C)ccc2C)c1. The Kier molecular flexibility index (Phi) is 6.67. The van der Waals surface area contributed by atoms with E-state index < -0.39 is 0 Å². The maximum absolute atomic E-state index is 12.4. The van der Waals surface area contributed by atoms with Crippen LogP contribution in [-0.4, -0.2) is 24.1 Å². The Balaban J connectivity index is 1.95. The number of Topliss-reactive ketones (excluding diaryl/α,β-unsaturated/α-hetero) is 1. The zero-order valence-corrected chi connectivity index (χ0v) is 15.4. The molecule has 0 aliphatic carbocycles. The van der Waals surface area contributed by atoms with Gasteiger partial charge in [0.05, 0.1) is 0 Å². The van der Waals surface area contributed by atoms with Crippen LogP contribution in [0.25, 0.3) is 0 Å². The van der Waals surface area contributed by atoms with Crippen molar-refractivity contribution in [2.75, 3.05) is 11.9 Å². The third-order valence-corrected chi connectivity index (χ3v) is 4.02. The summed E-state index contributed by atoms with van der Waals surface area (Å²) in [5, 5.41) is 5.46. The molecule has 2 aromatic carbocycles. The first-order chi connectivity index (χ1) is 12.4. The molecule has 2 aromatic rings. The number of aryl methyl sites for hydroxylation is 2. The first-order valence-corrected chi connectivity index (χ1v) is 8.69. The zero-order chi connectivity index (χ0) is 19.1. The molecule has 2 N–H and O–H groups in total. The number of benzene rings is 2. The molecule has 0 unspecified atom stereocenters. The molecule has 0 aliphatic heterocycles. The van der Waals surface area contributed by atoms with Gasteiger partial charge in [0.25, 0.3) is 5.91 Å². The van der Waals surface area contributed by atoms with Crippen LogP contribution in [-0.2, 0) is 4.79 Å². The van der Waals surface area contributed by atoms with Crippen LogP contribution in [0.15, 0.2) is 42.5 Å². The summed E-state index contributed by atoms with van der Waals surface area (Å²) in [4.78, 5) is 36.3. The highest BCUT2D eigenvalue weighted by Gasteiger charge is 2.12. The van der Waals surface area contributed by atoms with Crippen molar-refractivity contribution in [3.05, 3.63) is 64.7 Å². The molecule has 2 amide bonds. The second-order valence-electron chi connectivity index (χ2n) is 6.23. The van der Waals surface area contributed by atoms with Crippen LogP contribution in [0.1, 0.15) is 51.6 Å². The van der Waals surface area contributed by atoms with E-state index >= 15 is 0 Å². The summed E-state index contributed by atoms with van der Waals surface area (Å²) in [7, 11) is 0. The van der Waals surface area contributed by atoms with Gasteiger partial charge in [-0.1, -0.05) is 23.8 Å². The molecular formula is C21H24N2O3. The normalized spacial score (nSPS) is 10.3. The average molecular weight is 352 g/mol. The molecule has 0 saturated heterocycles. The maximum atomic E-state index is 12.4. The number of anilines is 1. The molecule has 0 atom stereocenters. The molecular weight excluding hydrogens is 328 g/mol. The van der Waals surface area contributed by atoms with Gasteiger partial charge < -0.3 is 10.6 Å². The molecule has 0 aliphatic rings. The van der Waals surface area contributed by atoms with E-state index in [1.165, 1.54) is 0 Å². The lowest BCUT2D eigenvalue weighted by molar-refractivity contribution is -0.116. The number of rotatable bonds is 7. The molecule has 0 heterocycles. The molecule has 5 heteroatoms. The molecule has 0 fully saturated rings. The highest BCUT2D eigenvalue weighted by molar-refractivity contribution is 6.01. The molecule has 0 spiro atoms. The van der Waals surface area contributed by atoms with Crippen molar-refractivity contribution in [2.45, 2.75) is 33.6 Å². The number of nitrogens with one attached hydrogen (secondary N) is 2. The summed E-state index contributed by atoms with van der Waals surface area (Å²) in [5.41, 5.74) is 3.62. The smallest absolute Gasteiger partial charge is 0.251 e. The van der Waals surface area contributed by atoms with Crippen LogP contribution >= 0.6 is 0 Å². The molecule has 26 heavy (non-hydrogen) atoms. The van der Waals surface area contributed by atoms with E-state index in [0.29, 0.717) is 23.4 Å². The number of carbonyl (C=O) groups is 3. The fraction of sp³-hybridized carbons (Fsp3) is 0.286. The molecule has 2 rings (SSSR count). The number of hydrogen-bond donors (Lipinski definition) is 2. The number of carbonyl (C=O) groups excluding carboxylic acids is 3. The first kappa shape index (κ1) is 19.4. The lowest BCUT2D eigenvalue weighted by Gasteiger charge is -2.08. The van der Waals surface area contributed by atoms with Crippen LogP contribution in [0.5, 0.6) is 0 Å². The quantitative estimate of drug-likeness (QED) is 0.747. The minimum Gasteiger partial charge on any atom is -0.352 e. The third kappa shape index (κ3) is 5.28. The van der Waals surface area contributed by atoms with Crippen LogP contribution in [0, 0.1) is 13.8 Å². The molecule has 0 radical (unpaired) electrons. The van der Waals surface area contributed by atoms with Crippen molar-refractivity contribution < 1.29 is 14.4 Å². The number of hydrogen-bond acceptors (Lipinski definition) is 3. The van der Waals surface area contributed by atoms with Crippen LogP contribution in [0.3, 0.4) is 0 Å². The first-order valence-electron chi connectivity index (χ1n) is 8.69. The topological polar surface area (TPSA) is 75.3 Å². The highest BCUT2D eigenvalue weighted by atomic mass is 16.2. The Morgan fingerprint density at radius 3 is 2.46 bits per heavy atom. The van der Waals surface area contributed by atoms with E-state index in [-0.39, 0.29) is 30.4 Å². The van der Waals surface area contributed by atoms with Crippen molar-refractivity contribution in [3.63, 3.8) is 0 Å². The maximum Gasteiger partial charge on any atom is 0.251 e. The Labute approximate surface area is 153 Å². The molecule has 0 bridgehead atoms. The molecule has 0 aromatic heterocycles. The number of ketones is 1. The van der Waals surface area contributed by atoms with Gasteiger partial charge in [0.15, 0.2) is 5.78 Å². The monoisotopic (exact) mass is 352 g/mol. The Morgan fingerprint density at radius 1 is 0.962 bits per heavy atom. The summed E-state index contributed by atoms with van der Waals surface area (Å²) in [6.45, 7) is 6.20. The minimum atomic E-state index is -0.253. The largest absolute Gasteiger partial charge is 0.352 e. The standard InChI is InChI=1S/C21H24N2O3/c1-4-22-21(26)16-6-5-7-17(13-16)23-20(25)11-10-19(24)18-12-14(2)8-9-15(18)3/h5-9,12-13H,4,10-11H2,1-3H3,(H,22,26)(H,23,25). The predicted molar refractivity (Wildman–Crippen MR) is 103 cm³/mol. The van der Waals surface area contributed by atoms with Crippen LogP contribution in [0.4, 0.5) is 5.69 Å². The van der Waals surface area contributed by atoms with Gasteiger partial charge in [-0.05, 0) is 50.6 Å². The zero-order valence-electron chi connectivity index (χ0n) is 15.4. The summed E-state index contributed by atoms with van der Waals surface area (Å²) in [6, 6.07) is 12.5. The number of amides is 2. The highest BCUT2D eigenvalue weighted by Crippen LogP contribution is 2.15. The Morgan fingerprint density at radius 2 is 1.73 bits per heavy atom. The van der Waals surface area contributed by atoms with Gasteiger partial charge in [0.1, 0.15) is 0 Å². The lowest BCUT2D eigenvalue weighted by atomic mass is 9.99. The summed E-state index contributed by atoms with van der Waals surface area (Å²) >= 11 is 0. The van der Waals surface area contributed by atoms with Crippen molar-refractivity contribution in [1.29, 1.82) is 0 Å². The van der Waals surface area contributed by atoms with E-state index in [9.17, 15) is 14.4 Å². The van der Waals surface area contributed by atoms with E-state index in [4.69, 9.17) is 0 Å². The van der Waals surface area contributed by atoms with Gasteiger partial charge >= 0.3 is 0 Å². The molecule has 0 saturated carbocycles. The van der Waals surface area contributed by atoms with Crippen molar-refractivity contribution in [3.8, 4) is 0 Å². The fourth-order valence-corrected chi connectivity index (χ4v) is 2.62. The van der Waals surface area contributed by atoms with Gasteiger partial charge in [-0.15, -0.1) is 0 Å². The lowest BCUT2D eigenvalue weighted by Crippen LogP contribution is -2.22. The third-order valence-electron chi connectivity index (χ3n) is 4.02. The second-order valence-corrected chi connectivity index (χ2v) is 6.23. The van der Waals surface area contributed by atoms with Gasteiger partial charge in [-0.25, -0.2) is 0 Å². The molecule has 136 valence electrons. The summed E-state index contributed by atoms with van der Waals surface area (Å²) < 4.78 is 0. The van der Waals surface area contributed by atoms with Crippen molar-refractivity contribution in [2.24, 2.45) is 0 Å². The van der Waals surface area contributed by atoms with Crippen molar-refractivity contribution >= 4 is 23.3 Å². The Hall–Kier alpha value is -2.95.